The molecule has 0 atom stereocenters. The maximum atomic E-state index is 4.36. The largest absolute Gasteiger partial charge is 0.313 e. The van der Waals surface area contributed by atoms with Crippen LogP contribution in [0.3, 0.4) is 0 Å². The van der Waals surface area contributed by atoms with E-state index < -0.39 is 0 Å². The van der Waals surface area contributed by atoms with Crippen LogP contribution in [0.2, 0.25) is 0 Å². The van der Waals surface area contributed by atoms with Crippen LogP contribution in [-0.4, -0.2) is 37.7 Å². The van der Waals surface area contributed by atoms with Gasteiger partial charge in [-0.05, 0) is 12.1 Å². The average Bonchev–Trinajstić information content (AvgIpc) is 2.88. The van der Waals surface area contributed by atoms with Gasteiger partial charge in [-0.2, -0.15) is 0 Å². The number of aryl methyl sites for hydroxylation is 1. The van der Waals surface area contributed by atoms with E-state index in [1.54, 1.807) is 0 Å². The van der Waals surface area contributed by atoms with Gasteiger partial charge in [-0.1, -0.05) is 13.0 Å². The zero-order valence-electron chi connectivity index (χ0n) is 11.3. The van der Waals surface area contributed by atoms with Crippen LogP contribution < -0.4 is 0 Å². The molecule has 0 amide bonds. The lowest BCUT2D eigenvalue weighted by atomic mass is 10.2. The molecule has 0 aromatic carbocycles. The van der Waals surface area contributed by atoms with E-state index in [1.807, 2.05) is 18.3 Å². The maximum Gasteiger partial charge on any atom is 0.147 e. The zero-order chi connectivity index (χ0) is 13.1. The van der Waals surface area contributed by atoms with Crippen molar-refractivity contribution in [3.63, 3.8) is 0 Å². The molecule has 19 heavy (non-hydrogen) atoms. The van der Waals surface area contributed by atoms with E-state index in [9.17, 15) is 0 Å². The molecule has 0 radical (unpaired) electrons. The van der Waals surface area contributed by atoms with E-state index >= 15 is 0 Å². The second-order valence-corrected chi connectivity index (χ2v) is 4.88. The topological polar surface area (TPSA) is 46.8 Å². The number of hydrogen-bond donors (Lipinski definition) is 0. The van der Waals surface area contributed by atoms with Crippen molar-refractivity contribution in [2.24, 2.45) is 0 Å². The zero-order valence-corrected chi connectivity index (χ0v) is 11.3. The molecule has 0 N–H and O–H groups in total. The Labute approximate surface area is 113 Å². The summed E-state index contributed by atoms with van der Waals surface area (Å²) in [5, 5.41) is 8.53. The monoisotopic (exact) mass is 257 g/mol. The lowest BCUT2D eigenvalue weighted by Crippen LogP contribution is -2.35. The molecule has 3 heterocycles. The van der Waals surface area contributed by atoms with Crippen LogP contribution in [0.1, 0.15) is 24.3 Å². The van der Waals surface area contributed by atoms with Crippen molar-refractivity contribution in [1.82, 2.24) is 24.6 Å². The Balaban J connectivity index is 1.60. The minimum atomic E-state index is 0.903. The molecule has 5 nitrogen and oxygen atoms in total. The Morgan fingerprint density at radius 1 is 1.21 bits per heavy atom. The summed E-state index contributed by atoms with van der Waals surface area (Å²) in [4.78, 5) is 6.79. The molecule has 0 spiro atoms. The van der Waals surface area contributed by atoms with Crippen molar-refractivity contribution >= 4 is 0 Å². The quantitative estimate of drug-likeness (QED) is 0.828. The summed E-state index contributed by atoms with van der Waals surface area (Å²) in [5.41, 5.74) is 1.16. The SMILES string of the molecule is CCc1nnc2n1CCN(CCc1ccccn1)C2. The van der Waals surface area contributed by atoms with Crippen molar-refractivity contribution in [3.8, 4) is 0 Å². The van der Waals surface area contributed by atoms with Crippen molar-refractivity contribution < 1.29 is 0 Å². The Kier molecular flexibility index (Phi) is 3.55. The lowest BCUT2D eigenvalue weighted by Gasteiger charge is -2.27. The van der Waals surface area contributed by atoms with Crippen LogP contribution in [0.4, 0.5) is 0 Å². The highest BCUT2D eigenvalue weighted by molar-refractivity contribution is 5.04. The fourth-order valence-electron chi connectivity index (χ4n) is 2.54. The van der Waals surface area contributed by atoms with Crippen LogP contribution in [0.5, 0.6) is 0 Å². The van der Waals surface area contributed by atoms with Crippen LogP contribution in [-0.2, 0) is 25.9 Å². The van der Waals surface area contributed by atoms with E-state index in [2.05, 4.69) is 37.6 Å². The van der Waals surface area contributed by atoms with E-state index in [0.29, 0.717) is 0 Å². The summed E-state index contributed by atoms with van der Waals surface area (Å²) in [7, 11) is 0. The minimum absolute atomic E-state index is 0.903. The highest BCUT2D eigenvalue weighted by atomic mass is 15.3. The van der Waals surface area contributed by atoms with Gasteiger partial charge < -0.3 is 4.57 Å². The summed E-state index contributed by atoms with van der Waals surface area (Å²) in [5.74, 6) is 2.21. The summed E-state index contributed by atoms with van der Waals surface area (Å²) in [6, 6.07) is 6.09. The second-order valence-electron chi connectivity index (χ2n) is 4.88. The maximum absolute atomic E-state index is 4.36. The Bertz CT molecular complexity index is 534. The van der Waals surface area contributed by atoms with Gasteiger partial charge in [0.15, 0.2) is 0 Å². The number of hydrogen-bond acceptors (Lipinski definition) is 4. The van der Waals surface area contributed by atoms with Gasteiger partial charge in [-0.15, -0.1) is 10.2 Å². The smallest absolute Gasteiger partial charge is 0.147 e. The molecule has 2 aromatic rings. The first kappa shape index (κ1) is 12.3. The Morgan fingerprint density at radius 3 is 2.95 bits per heavy atom. The molecule has 1 aliphatic rings. The third kappa shape index (κ3) is 2.66. The average molecular weight is 257 g/mol. The molecule has 1 aliphatic heterocycles. The van der Waals surface area contributed by atoms with Crippen molar-refractivity contribution in [3.05, 3.63) is 41.7 Å². The number of fused-ring (bicyclic) bond motifs is 1. The van der Waals surface area contributed by atoms with Gasteiger partial charge >= 0.3 is 0 Å². The normalized spacial score (nSPS) is 15.4. The van der Waals surface area contributed by atoms with Crippen molar-refractivity contribution in [2.75, 3.05) is 13.1 Å². The molecule has 5 heteroatoms. The van der Waals surface area contributed by atoms with Crippen LogP contribution in [0, 0.1) is 0 Å². The molecule has 0 unspecified atom stereocenters. The van der Waals surface area contributed by atoms with Gasteiger partial charge in [-0.3, -0.25) is 9.88 Å². The van der Waals surface area contributed by atoms with Crippen LogP contribution in [0.15, 0.2) is 24.4 Å². The molecular weight excluding hydrogens is 238 g/mol. The molecule has 0 saturated carbocycles. The highest BCUT2D eigenvalue weighted by Gasteiger charge is 2.19. The molecular formula is C14H19N5. The predicted octanol–water partition coefficient (Wildman–Crippen LogP) is 1.29. The van der Waals surface area contributed by atoms with Crippen LogP contribution in [0.25, 0.3) is 0 Å². The van der Waals surface area contributed by atoms with E-state index in [0.717, 1.165) is 56.4 Å². The van der Waals surface area contributed by atoms with E-state index in [4.69, 9.17) is 0 Å². The summed E-state index contributed by atoms with van der Waals surface area (Å²) in [6.45, 7) is 6.15. The predicted molar refractivity (Wildman–Crippen MR) is 72.6 cm³/mol. The Morgan fingerprint density at radius 2 is 2.16 bits per heavy atom. The molecule has 0 bridgehead atoms. The van der Waals surface area contributed by atoms with Gasteiger partial charge in [0, 0.05) is 44.4 Å². The first-order valence-electron chi connectivity index (χ1n) is 6.90. The standard InChI is InChI=1S/C14H19N5/c1-2-13-16-17-14-11-18(9-10-19(13)14)8-6-12-5-3-4-7-15-12/h3-5,7H,2,6,8-11H2,1H3. The lowest BCUT2D eigenvalue weighted by molar-refractivity contribution is 0.217. The summed E-state index contributed by atoms with van der Waals surface area (Å²) >= 11 is 0. The minimum Gasteiger partial charge on any atom is -0.313 e. The third-order valence-electron chi connectivity index (χ3n) is 3.64. The highest BCUT2D eigenvalue weighted by Crippen LogP contribution is 2.13. The van der Waals surface area contributed by atoms with E-state index in [1.165, 1.54) is 0 Å². The molecule has 2 aromatic heterocycles. The van der Waals surface area contributed by atoms with Crippen molar-refractivity contribution in [2.45, 2.75) is 32.9 Å². The van der Waals surface area contributed by atoms with Crippen LogP contribution >= 0.6 is 0 Å². The fraction of sp³-hybridized carbons (Fsp3) is 0.500. The summed E-state index contributed by atoms with van der Waals surface area (Å²) in [6.07, 6.45) is 3.81. The molecule has 0 fully saturated rings. The van der Waals surface area contributed by atoms with Gasteiger partial charge in [0.1, 0.15) is 11.6 Å². The third-order valence-corrected chi connectivity index (χ3v) is 3.64. The van der Waals surface area contributed by atoms with Crippen molar-refractivity contribution in [1.29, 1.82) is 0 Å². The van der Waals surface area contributed by atoms with E-state index in [-0.39, 0.29) is 0 Å². The van der Waals surface area contributed by atoms with Gasteiger partial charge in [0.05, 0.1) is 6.54 Å². The number of rotatable bonds is 4. The second kappa shape index (κ2) is 5.48. The summed E-state index contributed by atoms with van der Waals surface area (Å²) < 4.78 is 2.26. The number of nitrogens with zero attached hydrogens (tertiary/aromatic N) is 5. The molecule has 0 aliphatic carbocycles. The first-order chi connectivity index (χ1) is 9.36. The Hall–Kier alpha value is -1.75. The number of pyridine rings is 1. The van der Waals surface area contributed by atoms with Gasteiger partial charge in [0.2, 0.25) is 0 Å². The van der Waals surface area contributed by atoms with Gasteiger partial charge in [-0.25, -0.2) is 0 Å². The first-order valence-corrected chi connectivity index (χ1v) is 6.90. The number of aromatic nitrogens is 4. The van der Waals surface area contributed by atoms with Gasteiger partial charge in [0.25, 0.3) is 0 Å². The fourth-order valence-corrected chi connectivity index (χ4v) is 2.54. The molecule has 3 rings (SSSR count). The molecule has 0 saturated heterocycles. The molecule has 100 valence electrons.